The van der Waals surface area contributed by atoms with E-state index in [0.29, 0.717) is 24.2 Å². The highest BCUT2D eigenvalue weighted by Crippen LogP contribution is 2.21. The Bertz CT molecular complexity index is 385. The van der Waals surface area contributed by atoms with E-state index in [1.54, 1.807) is 25.3 Å². The Hall–Kier alpha value is -1.84. The average molecular weight is 222 g/mol. The number of methoxy groups -OCH3 is 1. The maximum Gasteiger partial charge on any atom is 0.303 e. The fourth-order valence-corrected chi connectivity index (χ4v) is 1.50. The van der Waals surface area contributed by atoms with Crippen molar-refractivity contribution < 1.29 is 19.4 Å². The van der Waals surface area contributed by atoms with Crippen molar-refractivity contribution in [1.29, 1.82) is 0 Å². The molecule has 0 aromatic heterocycles. The molecular formula is C12H14O4. The lowest BCUT2D eigenvalue weighted by Gasteiger charge is -2.08. The Morgan fingerprint density at radius 1 is 1.50 bits per heavy atom. The SMILES string of the molecule is COc1ccc(C=O)cc1CCCC(=O)O. The zero-order valence-electron chi connectivity index (χ0n) is 9.10. The minimum atomic E-state index is -0.814. The summed E-state index contributed by atoms with van der Waals surface area (Å²) in [5, 5.41) is 8.53. The lowest BCUT2D eigenvalue weighted by Crippen LogP contribution is -1.98. The van der Waals surface area contributed by atoms with Crippen molar-refractivity contribution in [3.05, 3.63) is 29.3 Å². The van der Waals surface area contributed by atoms with Gasteiger partial charge in [0.25, 0.3) is 0 Å². The number of ether oxygens (including phenoxy) is 1. The molecule has 1 rings (SSSR count). The van der Waals surface area contributed by atoms with Crippen LogP contribution < -0.4 is 4.74 Å². The molecule has 86 valence electrons. The molecule has 1 aromatic rings. The Balaban J connectivity index is 2.74. The van der Waals surface area contributed by atoms with E-state index in [-0.39, 0.29) is 6.42 Å². The van der Waals surface area contributed by atoms with Crippen LogP contribution in [0.2, 0.25) is 0 Å². The molecule has 0 aliphatic rings. The van der Waals surface area contributed by atoms with Crippen LogP contribution in [0.25, 0.3) is 0 Å². The number of hydrogen-bond acceptors (Lipinski definition) is 3. The van der Waals surface area contributed by atoms with E-state index in [0.717, 1.165) is 11.8 Å². The van der Waals surface area contributed by atoms with Gasteiger partial charge in [-0.25, -0.2) is 0 Å². The van der Waals surface area contributed by atoms with Gasteiger partial charge in [-0.1, -0.05) is 0 Å². The first kappa shape index (κ1) is 12.2. The maximum absolute atomic E-state index is 10.6. The van der Waals surface area contributed by atoms with E-state index in [4.69, 9.17) is 9.84 Å². The minimum absolute atomic E-state index is 0.120. The first-order chi connectivity index (χ1) is 7.67. The number of benzene rings is 1. The topological polar surface area (TPSA) is 63.6 Å². The van der Waals surface area contributed by atoms with Crippen LogP contribution in [-0.4, -0.2) is 24.5 Å². The Labute approximate surface area is 93.9 Å². The summed E-state index contributed by atoms with van der Waals surface area (Å²) in [6.07, 6.45) is 2.01. The molecule has 0 saturated carbocycles. The number of hydrogen-bond donors (Lipinski definition) is 1. The van der Waals surface area contributed by atoms with Crippen molar-refractivity contribution in [2.75, 3.05) is 7.11 Å². The van der Waals surface area contributed by atoms with Crippen LogP contribution in [-0.2, 0) is 11.2 Å². The Morgan fingerprint density at radius 2 is 2.25 bits per heavy atom. The van der Waals surface area contributed by atoms with Crippen molar-refractivity contribution in [3.8, 4) is 5.75 Å². The van der Waals surface area contributed by atoms with E-state index in [2.05, 4.69) is 0 Å². The van der Waals surface area contributed by atoms with E-state index >= 15 is 0 Å². The van der Waals surface area contributed by atoms with Crippen molar-refractivity contribution >= 4 is 12.3 Å². The molecule has 0 bridgehead atoms. The number of carboxylic acids is 1. The summed E-state index contributed by atoms with van der Waals surface area (Å²) in [5.74, 6) is -0.124. The van der Waals surface area contributed by atoms with Crippen molar-refractivity contribution in [2.45, 2.75) is 19.3 Å². The number of aldehydes is 1. The lowest BCUT2D eigenvalue weighted by molar-refractivity contribution is -0.137. The van der Waals surface area contributed by atoms with Crippen LogP contribution >= 0.6 is 0 Å². The van der Waals surface area contributed by atoms with E-state index in [9.17, 15) is 9.59 Å². The van der Waals surface area contributed by atoms with Gasteiger partial charge in [0, 0.05) is 12.0 Å². The Kier molecular flexibility index (Phi) is 4.51. The molecule has 16 heavy (non-hydrogen) atoms. The third-order valence-corrected chi connectivity index (χ3v) is 2.28. The standard InChI is InChI=1S/C12H14O4/c1-16-11-6-5-9(8-13)7-10(11)3-2-4-12(14)15/h5-8H,2-4H2,1H3,(H,14,15). The first-order valence-corrected chi connectivity index (χ1v) is 5.01. The summed E-state index contributed by atoms with van der Waals surface area (Å²) in [4.78, 5) is 21.0. The second-order valence-corrected chi connectivity index (χ2v) is 3.44. The van der Waals surface area contributed by atoms with E-state index in [1.165, 1.54) is 0 Å². The van der Waals surface area contributed by atoms with Gasteiger partial charge in [0.1, 0.15) is 12.0 Å². The number of rotatable bonds is 6. The van der Waals surface area contributed by atoms with Gasteiger partial charge in [-0.05, 0) is 36.6 Å². The maximum atomic E-state index is 10.6. The van der Waals surface area contributed by atoms with E-state index in [1.807, 2.05) is 0 Å². The van der Waals surface area contributed by atoms with Crippen molar-refractivity contribution in [1.82, 2.24) is 0 Å². The van der Waals surface area contributed by atoms with Gasteiger partial charge >= 0.3 is 5.97 Å². The van der Waals surface area contributed by atoms with E-state index < -0.39 is 5.97 Å². The van der Waals surface area contributed by atoms with Crippen LogP contribution in [0, 0.1) is 0 Å². The van der Waals surface area contributed by atoms with Crippen LogP contribution in [0.4, 0.5) is 0 Å². The molecule has 0 fully saturated rings. The second-order valence-electron chi connectivity index (χ2n) is 3.44. The molecule has 0 saturated heterocycles. The fraction of sp³-hybridized carbons (Fsp3) is 0.333. The molecule has 0 atom stereocenters. The van der Waals surface area contributed by atoms with Crippen molar-refractivity contribution in [2.24, 2.45) is 0 Å². The molecule has 4 nitrogen and oxygen atoms in total. The highest BCUT2D eigenvalue weighted by Gasteiger charge is 2.05. The van der Waals surface area contributed by atoms with Gasteiger partial charge in [0.2, 0.25) is 0 Å². The molecular weight excluding hydrogens is 208 g/mol. The summed E-state index contributed by atoms with van der Waals surface area (Å²) in [5.41, 5.74) is 1.44. The summed E-state index contributed by atoms with van der Waals surface area (Å²) >= 11 is 0. The van der Waals surface area contributed by atoms with Crippen LogP contribution in [0.5, 0.6) is 5.75 Å². The molecule has 0 aliphatic carbocycles. The molecule has 4 heteroatoms. The van der Waals surface area contributed by atoms with Gasteiger partial charge in [0.05, 0.1) is 7.11 Å². The largest absolute Gasteiger partial charge is 0.496 e. The third kappa shape index (κ3) is 3.38. The van der Waals surface area contributed by atoms with Crippen LogP contribution in [0.15, 0.2) is 18.2 Å². The van der Waals surface area contributed by atoms with Gasteiger partial charge in [-0.15, -0.1) is 0 Å². The average Bonchev–Trinajstić information content (AvgIpc) is 2.28. The number of aliphatic carboxylic acids is 1. The van der Waals surface area contributed by atoms with Crippen LogP contribution in [0.1, 0.15) is 28.8 Å². The summed E-state index contributed by atoms with van der Waals surface area (Å²) in [6, 6.07) is 5.13. The molecule has 0 heterocycles. The zero-order valence-corrected chi connectivity index (χ0v) is 9.10. The molecule has 1 N–H and O–H groups in total. The minimum Gasteiger partial charge on any atom is -0.496 e. The highest BCUT2D eigenvalue weighted by atomic mass is 16.5. The Morgan fingerprint density at radius 3 is 2.81 bits per heavy atom. The highest BCUT2D eigenvalue weighted by molar-refractivity contribution is 5.75. The van der Waals surface area contributed by atoms with Gasteiger partial charge in [0.15, 0.2) is 0 Å². The zero-order chi connectivity index (χ0) is 12.0. The quantitative estimate of drug-likeness (QED) is 0.747. The molecule has 0 aliphatic heterocycles. The normalized spacial score (nSPS) is 9.81. The number of aryl methyl sites for hydroxylation is 1. The summed E-state index contributed by atoms with van der Waals surface area (Å²) in [6.45, 7) is 0. The molecule has 0 radical (unpaired) electrons. The lowest BCUT2D eigenvalue weighted by atomic mass is 10.0. The summed E-state index contributed by atoms with van der Waals surface area (Å²) < 4.78 is 5.14. The summed E-state index contributed by atoms with van der Waals surface area (Å²) in [7, 11) is 1.55. The fourth-order valence-electron chi connectivity index (χ4n) is 1.50. The molecule has 0 spiro atoms. The first-order valence-electron chi connectivity index (χ1n) is 5.01. The third-order valence-electron chi connectivity index (χ3n) is 2.28. The van der Waals surface area contributed by atoms with Gasteiger partial charge in [-0.3, -0.25) is 9.59 Å². The molecule has 0 unspecified atom stereocenters. The number of carbonyl (C=O) groups is 2. The second kappa shape index (κ2) is 5.90. The predicted octanol–water partition coefficient (Wildman–Crippen LogP) is 1.92. The smallest absolute Gasteiger partial charge is 0.303 e. The van der Waals surface area contributed by atoms with Crippen LogP contribution in [0.3, 0.4) is 0 Å². The predicted molar refractivity (Wildman–Crippen MR) is 59.0 cm³/mol. The van der Waals surface area contributed by atoms with Crippen molar-refractivity contribution in [3.63, 3.8) is 0 Å². The van der Waals surface area contributed by atoms with Gasteiger partial charge < -0.3 is 9.84 Å². The monoisotopic (exact) mass is 222 g/mol. The molecule has 1 aromatic carbocycles. The van der Waals surface area contributed by atoms with Gasteiger partial charge in [-0.2, -0.15) is 0 Å². The number of carbonyl (C=O) groups excluding carboxylic acids is 1. The number of carboxylic acid groups (broad SMARTS) is 1. The molecule has 0 amide bonds.